The van der Waals surface area contributed by atoms with Gasteiger partial charge < -0.3 is 4.90 Å². The van der Waals surface area contributed by atoms with Gasteiger partial charge in [-0.05, 0) is 25.9 Å². The molecule has 0 aliphatic carbocycles. The fraction of sp³-hybridized carbons (Fsp3) is 0.818. The number of hydrogen-bond acceptors (Lipinski definition) is 4. The first-order valence-electron chi connectivity index (χ1n) is 6.03. The zero-order chi connectivity index (χ0) is 11.4. The number of H-pyrrole nitrogens is 1. The Labute approximate surface area is 101 Å². The lowest BCUT2D eigenvalue weighted by atomic mass is 10.2. The highest BCUT2D eigenvalue weighted by Gasteiger charge is 2.12. The van der Waals surface area contributed by atoms with Gasteiger partial charge in [-0.1, -0.05) is 25.6 Å². The zero-order valence-electron chi connectivity index (χ0n) is 10.1. The molecule has 1 aromatic rings. The summed E-state index contributed by atoms with van der Waals surface area (Å²) in [5, 5.41) is 8.09. The topological polar surface area (TPSA) is 44.8 Å². The second kappa shape index (κ2) is 5.68. The number of nitrogens with zero attached hydrogens (tertiary/aromatic N) is 3. The maximum absolute atomic E-state index is 4.45. The van der Waals surface area contributed by atoms with E-state index in [9.17, 15) is 0 Å². The molecule has 0 saturated carbocycles. The van der Waals surface area contributed by atoms with E-state index in [1.165, 1.54) is 25.9 Å². The minimum absolute atomic E-state index is 0.431. The molecular formula is C11H20N4S. The molecule has 1 N–H and O–H groups in total. The maximum atomic E-state index is 4.45. The Kier molecular flexibility index (Phi) is 4.23. The summed E-state index contributed by atoms with van der Waals surface area (Å²) in [5.41, 5.74) is 0. The Morgan fingerprint density at radius 1 is 1.38 bits per heavy atom. The molecule has 1 aromatic heterocycles. The Morgan fingerprint density at radius 3 is 2.75 bits per heavy atom. The van der Waals surface area contributed by atoms with Crippen LogP contribution < -0.4 is 0 Å². The zero-order valence-corrected chi connectivity index (χ0v) is 10.9. The van der Waals surface area contributed by atoms with E-state index >= 15 is 0 Å². The summed E-state index contributed by atoms with van der Waals surface area (Å²) in [6.07, 6.45) is 2.73. The number of likely N-dealkylation sites (tertiary alicyclic amines) is 1. The van der Waals surface area contributed by atoms with Crippen LogP contribution in [0.15, 0.2) is 5.16 Å². The molecule has 5 heteroatoms. The van der Waals surface area contributed by atoms with E-state index in [0.717, 1.165) is 23.3 Å². The average molecular weight is 240 g/mol. The predicted octanol–water partition coefficient (Wildman–Crippen LogP) is 2.12. The van der Waals surface area contributed by atoms with Gasteiger partial charge in [0.1, 0.15) is 5.82 Å². The van der Waals surface area contributed by atoms with Crippen LogP contribution in [0.25, 0.3) is 0 Å². The van der Waals surface area contributed by atoms with Crippen molar-refractivity contribution in [2.75, 3.05) is 25.4 Å². The van der Waals surface area contributed by atoms with Crippen LogP contribution >= 0.6 is 11.8 Å². The summed E-state index contributed by atoms with van der Waals surface area (Å²) in [7, 11) is 0. The number of aromatic nitrogens is 3. The van der Waals surface area contributed by atoms with Gasteiger partial charge in [0.05, 0.1) is 0 Å². The van der Waals surface area contributed by atoms with Crippen LogP contribution in [0.3, 0.4) is 0 Å². The third kappa shape index (κ3) is 3.22. The van der Waals surface area contributed by atoms with Gasteiger partial charge in [-0.3, -0.25) is 5.10 Å². The molecule has 1 saturated heterocycles. The molecule has 16 heavy (non-hydrogen) atoms. The molecule has 0 unspecified atom stereocenters. The first-order valence-corrected chi connectivity index (χ1v) is 7.01. The standard InChI is InChI=1S/C11H20N4S/c1-9(2)10-12-11(14-13-10)16-8-7-15-5-3-4-6-15/h9H,3-8H2,1-2H3,(H,12,13,14). The summed E-state index contributed by atoms with van der Waals surface area (Å²) >= 11 is 1.75. The molecular weight excluding hydrogens is 220 g/mol. The molecule has 1 aliphatic rings. The van der Waals surface area contributed by atoms with Gasteiger partial charge in [-0.15, -0.1) is 5.10 Å². The Hall–Kier alpha value is -0.550. The SMILES string of the molecule is CC(C)c1nc(SCCN2CCCC2)n[nH]1. The largest absolute Gasteiger partial charge is 0.303 e. The van der Waals surface area contributed by atoms with E-state index in [1.807, 2.05) is 0 Å². The van der Waals surface area contributed by atoms with E-state index in [1.54, 1.807) is 11.8 Å². The number of aromatic amines is 1. The molecule has 0 atom stereocenters. The quantitative estimate of drug-likeness (QED) is 0.801. The highest BCUT2D eigenvalue weighted by Crippen LogP contribution is 2.17. The van der Waals surface area contributed by atoms with Gasteiger partial charge in [-0.2, -0.15) is 0 Å². The summed E-state index contributed by atoms with van der Waals surface area (Å²) < 4.78 is 0. The van der Waals surface area contributed by atoms with Crippen LogP contribution in [0.4, 0.5) is 0 Å². The minimum Gasteiger partial charge on any atom is -0.303 e. The molecule has 0 spiro atoms. The van der Waals surface area contributed by atoms with Crippen LogP contribution in [0.2, 0.25) is 0 Å². The van der Waals surface area contributed by atoms with E-state index in [0.29, 0.717) is 5.92 Å². The number of hydrogen-bond donors (Lipinski definition) is 1. The van der Waals surface area contributed by atoms with Crippen LogP contribution in [0, 0.1) is 0 Å². The van der Waals surface area contributed by atoms with Crippen molar-refractivity contribution in [1.29, 1.82) is 0 Å². The Morgan fingerprint density at radius 2 is 2.12 bits per heavy atom. The van der Waals surface area contributed by atoms with Crippen molar-refractivity contribution in [3.63, 3.8) is 0 Å². The van der Waals surface area contributed by atoms with Crippen molar-refractivity contribution < 1.29 is 0 Å². The number of thioether (sulfide) groups is 1. The van der Waals surface area contributed by atoms with Gasteiger partial charge in [0, 0.05) is 18.2 Å². The maximum Gasteiger partial charge on any atom is 0.208 e. The van der Waals surface area contributed by atoms with Crippen molar-refractivity contribution >= 4 is 11.8 Å². The average Bonchev–Trinajstić information content (AvgIpc) is 2.87. The fourth-order valence-corrected chi connectivity index (χ4v) is 2.66. The Bertz CT molecular complexity index is 318. The smallest absolute Gasteiger partial charge is 0.208 e. The van der Waals surface area contributed by atoms with Gasteiger partial charge in [0.15, 0.2) is 0 Å². The van der Waals surface area contributed by atoms with Crippen LogP contribution in [0.1, 0.15) is 38.4 Å². The second-order valence-electron chi connectivity index (χ2n) is 4.56. The highest BCUT2D eigenvalue weighted by atomic mass is 32.2. The van der Waals surface area contributed by atoms with Gasteiger partial charge in [0.25, 0.3) is 0 Å². The molecule has 0 aromatic carbocycles. The summed E-state index contributed by atoms with van der Waals surface area (Å²) in [6.45, 7) is 7.95. The van der Waals surface area contributed by atoms with Crippen LogP contribution in [-0.2, 0) is 0 Å². The molecule has 90 valence electrons. The third-order valence-corrected chi connectivity index (χ3v) is 3.69. The lowest BCUT2D eigenvalue weighted by Gasteiger charge is -2.12. The molecule has 0 radical (unpaired) electrons. The first-order chi connectivity index (χ1) is 7.75. The van der Waals surface area contributed by atoms with Crippen LogP contribution in [0.5, 0.6) is 0 Å². The fourth-order valence-electron chi connectivity index (χ4n) is 1.85. The van der Waals surface area contributed by atoms with Crippen molar-refractivity contribution in [3.05, 3.63) is 5.82 Å². The second-order valence-corrected chi connectivity index (χ2v) is 5.62. The molecule has 0 amide bonds. The summed E-state index contributed by atoms with van der Waals surface area (Å²) in [6, 6.07) is 0. The van der Waals surface area contributed by atoms with E-state index in [4.69, 9.17) is 0 Å². The van der Waals surface area contributed by atoms with Gasteiger partial charge in [0.2, 0.25) is 5.16 Å². The molecule has 2 heterocycles. The predicted molar refractivity (Wildman–Crippen MR) is 66.9 cm³/mol. The number of rotatable bonds is 5. The lowest BCUT2D eigenvalue weighted by molar-refractivity contribution is 0.362. The summed E-state index contributed by atoms with van der Waals surface area (Å²) in [4.78, 5) is 6.97. The summed E-state index contributed by atoms with van der Waals surface area (Å²) in [5.74, 6) is 2.51. The lowest BCUT2D eigenvalue weighted by Crippen LogP contribution is -2.21. The molecule has 1 aliphatic heterocycles. The monoisotopic (exact) mass is 240 g/mol. The van der Waals surface area contributed by atoms with E-state index in [-0.39, 0.29) is 0 Å². The molecule has 0 bridgehead atoms. The minimum atomic E-state index is 0.431. The van der Waals surface area contributed by atoms with Crippen molar-refractivity contribution in [3.8, 4) is 0 Å². The third-order valence-electron chi connectivity index (χ3n) is 2.87. The van der Waals surface area contributed by atoms with Gasteiger partial charge >= 0.3 is 0 Å². The number of nitrogens with one attached hydrogen (secondary N) is 1. The normalized spacial score (nSPS) is 17.4. The molecule has 1 fully saturated rings. The van der Waals surface area contributed by atoms with Crippen molar-refractivity contribution in [2.24, 2.45) is 0 Å². The van der Waals surface area contributed by atoms with E-state index < -0.39 is 0 Å². The Balaban J connectivity index is 1.72. The first kappa shape index (κ1) is 11.9. The van der Waals surface area contributed by atoms with Crippen molar-refractivity contribution in [2.45, 2.75) is 37.8 Å². The highest BCUT2D eigenvalue weighted by molar-refractivity contribution is 7.99. The van der Waals surface area contributed by atoms with Gasteiger partial charge in [-0.25, -0.2) is 4.98 Å². The van der Waals surface area contributed by atoms with Crippen molar-refractivity contribution in [1.82, 2.24) is 20.1 Å². The van der Waals surface area contributed by atoms with E-state index in [2.05, 4.69) is 33.9 Å². The van der Waals surface area contributed by atoms with Crippen LogP contribution in [-0.4, -0.2) is 45.5 Å². The molecule has 2 rings (SSSR count). The molecule has 4 nitrogen and oxygen atoms in total.